The Bertz CT molecular complexity index is 814. The Balaban J connectivity index is 1.61. The van der Waals surface area contributed by atoms with Crippen LogP contribution in [0.1, 0.15) is 54.9 Å². The lowest BCUT2D eigenvalue weighted by atomic mass is 9.97. The molecule has 0 fully saturated rings. The van der Waals surface area contributed by atoms with Crippen LogP contribution in [0.3, 0.4) is 0 Å². The first-order valence-electron chi connectivity index (χ1n) is 9.89. The molecule has 0 radical (unpaired) electrons. The van der Waals surface area contributed by atoms with Gasteiger partial charge in [-0.1, -0.05) is 17.7 Å². The molecule has 2 N–H and O–H groups in total. The molecule has 0 saturated carbocycles. The van der Waals surface area contributed by atoms with Crippen molar-refractivity contribution in [2.75, 3.05) is 24.2 Å². The first-order valence-corrected chi connectivity index (χ1v) is 10.9. The van der Waals surface area contributed by atoms with Crippen LogP contribution in [0.15, 0.2) is 40.5 Å². The summed E-state index contributed by atoms with van der Waals surface area (Å²) >= 11 is 1.50. The van der Waals surface area contributed by atoms with Crippen LogP contribution in [-0.4, -0.2) is 30.7 Å². The molecule has 1 aliphatic carbocycles. The standard InChI is InChI=1S/C22H28N2O3S/c1-15-8-9-18(21(25)23-11-10-17-6-4-3-5-7-17)14-19(15)24-22(26)20-16(2)27-12-13-28-20/h6,8-9,14H,3-5,7,10-13H2,1-2H3,(H,23,25)(H,24,26). The van der Waals surface area contributed by atoms with Gasteiger partial charge in [-0.25, -0.2) is 0 Å². The minimum Gasteiger partial charge on any atom is -0.496 e. The van der Waals surface area contributed by atoms with Crippen molar-refractivity contribution in [1.29, 1.82) is 0 Å². The molecule has 2 aliphatic rings. The average Bonchev–Trinajstić information content (AvgIpc) is 2.70. The second-order valence-corrected chi connectivity index (χ2v) is 8.29. The highest BCUT2D eigenvalue weighted by atomic mass is 32.2. The molecule has 1 heterocycles. The van der Waals surface area contributed by atoms with Crippen molar-refractivity contribution in [2.45, 2.75) is 46.0 Å². The zero-order valence-electron chi connectivity index (χ0n) is 16.6. The summed E-state index contributed by atoms with van der Waals surface area (Å²) in [7, 11) is 0. The summed E-state index contributed by atoms with van der Waals surface area (Å²) in [5.41, 5.74) is 3.56. The van der Waals surface area contributed by atoms with E-state index in [4.69, 9.17) is 4.74 Å². The molecular formula is C22H28N2O3S. The zero-order chi connectivity index (χ0) is 19.9. The van der Waals surface area contributed by atoms with E-state index < -0.39 is 0 Å². The fraction of sp³-hybridized carbons (Fsp3) is 0.455. The fourth-order valence-corrected chi connectivity index (χ4v) is 4.19. The molecule has 0 atom stereocenters. The molecule has 5 nitrogen and oxygen atoms in total. The van der Waals surface area contributed by atoms with E-state index in [1.165, 1.54) is 30.2 Å². The maximum atomic E-state index is 12.6. The van der Waals surface area contributed by atoms with E-state index in [1.54, 1.807) is 19.1 Å². The van der Waals surface area contributed by atoms with Gasteiger partial charge in [-0.2, -0.15) is 0 Å². The summed E-state index contributed by atoms with van der Waals surface area (Å²) in [5.74, 6) is 1.11. The molecule has 6 heteroatoms. The van der Waals surface area contributed by atoms with E-state index in [0.29, 0.717) is 35.1 Å². The van der Waals surface area contributed by atoms with E-state index >= 15 is 0 Å². The summed E-state index contributed by atoms with van der Waals surface area (Å²) in [6.07, 6.45) is 8.04. The van der Waals surface area contributed by atoms with Gasteiger partial charge >= 0.3 is 0 Å². The number of allylic oxidation sites excluding steroid dienone is 2. The number of aryl methyl sites for hydroxylation is 1. The number of nitrogens with one attached hydrogen (secondary N) is 2. The van der Waals surface area contributed by atoms with Gasteiger partial charge in [0.15, 0.2) is 0 Å². The molecule has 28 heavy (non-hydrogen) atoms. The summed E-state index contributed by atoms with van der Waals surface area (Å²) < 4.78 is 5.47. The number of thioether (sulfide) groups is 1. The fourth-order valence-electron chi connectivity index (χ4n) is 3.38. The third kappa shape index (κ3) is 5.41. The smallest absolute Gasteiger partial charge is 0.265 e. The Kier molecular flexibility index (Phi) is 7.20. The molecule has 1 aromatic rings. The van der Waals surface area contributed by atoms with Crippen LogP contribution in [-0.2, 0) is 9.53 Å². The van der Waals surface area contributed by atoms with Gasteiger partial charge in [0.2, 0.25) is 0 Å². The Morgan fingerprint density at radius 3 is 2.79 bits per heavy atom. The number of carbonyl (C=O) groups is 2. The van der Waals surface area contributed by atoms with Crippen LogP contribution in [0.2, 0.25) is 0 Å². The first kappa shape index (κ1) is 20.5. The second kappa shape index (κ2) is 9.82. The number of anilines is 1. The molecule has 3 rings (SSSR count). The Morgan fingerprint density at radius 2 is 2.04 bits per heavy atom. The minimum absolute atomic E-state index is 0.113. The van der Waals surface area contributed by atoms with Crippen molar-refractivity contribution in [3.05, 3.63) is 51.6 Å². The highest BCUT2D eigenvalue weighted by Crippen LogP contribution is 2.27. The number of benzene rings is 1. The van der Waals surface area contributed by atoms with Gasteiger partial charge in [-0.05, 0) is 63.6 Å². The monoisotopic (exact) mass is 400 g/mol. The number of hydrogen-bond donors (Lipinski definition) is 2. The average molecular weight is 401 g/mol. The van der Waals surface area contributed by atoms with Gasteiger partial charge < -0.3 is 15.4 Å². The first-order chi connectivity index (χ1) is 13.5. The molecule has 0 unspecified atom stereocenters. The molecular weight excluding hydrogens is 372 g/mol. The number of rotatable bonds is 6. The Labute approximate surface area is 171 Å². The van der Waals surface area contributed by atoms with Crippen molar-refractivity contribution in [2.24, 2.45) is 0 Å². The van der Waals surface area contributed by atoms with Gasteiger partial charge in [0.05, 0.1) is 6.61 Å². The van der Waals surface area contributed by atoms with Crippen molar-refractivity contribution in [1.82, 2.24) is 5.32 Å². The van der Waals surface area contributed by atoms with Crippen molar-refractivity contribution >= 4 is 29.3 Å². The van der Waals surface area contributed by atoms with Gasteiger partial charge in [-0.15, -0.1) is 11.8 Å². The molecule has 1 aliphatic heterocycles. The highest BCUT2D eigenvalue weighted by Gasteiger charge is 2.20. The van der Waals surface area contributed by atoms with E-state index in [9.17, 15) is 9.59 Å². The van der Waals surface area contributed by atoms with Gasteiger partial charge in [0, 0.05) is 23.5 Å². The second-order valence-electron chi connectivity index (χ2n) is 7.18. The largest absolute Gasteiger partial charge is 0.496 e. The maximum absolute atomic E-state index is 12.6. The lowest BCUT2D eigenvalue weighted by Crippen LogP contribution is -2.25. The Hall–Kier alpha value is -2.21. The van der Waals surface area contributed by atoms with Gasteiger partial charge in [-0.3, -0.25) is 9.59 Å². The Morgan fingerprint density at radius 1 is 1.18 bits per heavy atom. The van der Waals surface area contributed by atoms with E-state index in [2.05, 4.69) is 16.7 Å². The number of hydrogen-bond acceptors (Lipinski definition) is 4. The van der Waals surface area contributed by atoms with Crippen LogP contribution >= 0.6 is 11.8 Å². The number of carbonyl (C=O) groups excluding carboxylic acids is 2. The molecule has 0 aromatic heterocycles. The van der Waals surface area contributed by atoms with Crippen LogP contribution in [0.25, 0.3) is 0 Å². The molecule has 0 saturated heterocycles. The highest BCUT2D eigenvalue weighted by molar-refractivity contribution is 8.04. The lowest BCUT2D eigenvalue weighted by molar-refractivity contribution is -0.112. The third-order valence-corrected chi connectivity index (χ3v) is 6.17. The van der Waals surface area contributed by atoms with Gasteiger partial charge in [0.25, 0.3) is 11.8 Å². The topological polar surface area (TPSA) is 67.4 Å². The van der Waals surface area contributed by atoms with Crippen molar-refractivity contribution in [3.8, 4) is 0 Å². The van der Waals surface area contributed by atoms with Crippen LogP contribution in [0, 0.1) is 6.92 Å². The molecule has 150 valence electrons. The maximum Gasteiger partial charge on any atom is 0.265 e. The van der Waals surface area contributed by atoms with Gasteiger partial charge in [0.1, 0.15) is 10.7 Å². The minimum atomic E-state index is -0.188. The SMILES string of the molecule is CC1=C(C(=O)Nc2cc(C(=O)NCCC3=CCCCC3)ccc2C)SCCO1. The zero-order valence-corrected chi connectivity index (χ0v) is 17.4. The predicted octanol–water partition coefficient (Wildman–Crippen LogP) is 4.55. The summed E-state index contributed by atoms with van der Waals surface area (Å²) in [6, 6.07) is 5.40. The van der Waals surface area contributed by atoms with Crippen molar-refractivity contribution < 1.29 is 14.3 Å². The van der Waals surface area contributed by atoms with Crippen LogP contribution < -0.4 is 10.6 Å². The molecule has 0 bridgehead atoms. The molecule has 2 amide bonds. The number of amides is 2. The predicted molar refractivity (Wildman–Crippen MR) is 114 cm³/mol. The van der Waals surface area contributed by atoms with E-state index in [0.717, 1.165) is 30.6 Å². The van der Waals surface area contributed by atoms with Crippen molar-refractivity contribution in [3.63, 3.8) is 0 Å². The quantitative estimate of drug-likeness (QED) is 0.688. The van der Waals surface area contributed by atoms with Crippen LogP contribution in [0.4, 0.5) is 5.69 Å². The molecule has 1 aromatic carbocycles. The summed E-state index contributed by atoms with van der Waals surface area (Å²) in [4.78, 5) is 25.7. The summed E-state index contributed by atoms with van der Waals surface area (Å²) in [5, 5.41) is 5.92. The summed E-state index contributed by atoms with van der Waals surface area (Å²) in [6.45, 7) is 4.98. The van der Waals surface area contributed by atoms with Crippen LogP contribution in [0.5, 0.6) is 0 Å². The third-order valence-electron chi connectivity index (χ3n) is 5.04. The van der Waals surface area contributed by atoms with E-state index in [1.807, 2.05) is 13.0 Å². The normalized spacial score (nSPS) is 16.9. The number of ether oxygens (including phenoxy) is 1. The lowest BCUT2D eigenvalue weighted by Gasteiger charge is -2.18. The van der Waals surface area contributed by atoms with E-state index in [-0.39, 0.29) is 11.8 Å². The molecule has 0 spiro atoms.